The predicted octanol–water partition coefficient (Wildman–Crippen LogP) is 5.54. The highest BCUT2D eigenvalue weighted by atomic mass is 32.2. The lowest BCUT2D eigenvalue weighted by molar-refractivity contribution is 0.285. The van der Waals surface area contributed by atoms with Gasteiger partial charge < -0.3 is 0 Å². The van der Waals surface area contributed by atoms with E-state index in [1.165, 1.54) is 37.0 Å². The molecule has 0 radical (unpaired) electrons. The molecule has 0 bridgehead atoms. The summed E-state index contributed by atoms with van der Waals surface area (Å²) in [6, 6.07) is 0. The first-order chi connectivity index (χ1) is 7.19. The highest BCUT2D eigenvalue weighted by Crippen LogP contribution is 2.37. The molecule has 0 nitrogen and oxygen atoms in total. The molecule has 0 rings (SSSR count). The fraction of sp³-hybridized carbons (Fsp3) is 0.867. The average molecular weight is 242 g/mol. The van der Waals surface area contributed by atoms with E-state index in [9.17, 15) is 0 Å². The molecule has 0 aliphatic carbocycles. The van der Waals surface area contributed by atoms with Crippen molar-refractivity contribution >= 4 is 11.8 Å². The van der Waals surface area contributed by atoms with Crippen LogP contribution in [0.4, 0.5) is 0 Å². The number of thioether (sulfide) groups is 1. The molecule has 0 unspecified atom stereocenters. The van der Waals surface area contributed by atoms with Gasteiger partial charge in [0.15, 0.2) is 0 Å². The Kier molecular flexibility index (Phi) is 6.77. The van der Waals surface area contributed by atoms with Crippen LogP contribution in [0.3, 0.4) is 0 Å². The maximum absolute atomic E-state index is 4.29. The Bertz CT molecular complexity index is 208. The van der Waals surface area contributed by atoms with Gasteiger partial charge in [0.25, 0.3) is 0 Å². The summed E-state index contributed by atoms with van der Waals surface area (Å²) >= 11 is 1.93. The Morgan fingerprint density at radius 1 is 1.06 bits per heavy atom. The number of allylic oxidation sites excluding steroid dienone is 1. The van der Waals surface area contributed by atoms with Crippen LogP contribution in [0, 0.1) is 10.8 Å². The van der Waals surface area contributed by atoms with E-state index >= 15 is 0 Å². The summed E-state index contributed by atoms with van der Waals surface area (Å²) in [5, 5.41) is 0. The second-order valence-corrected chi connectivity index (χ2v) is 7.63. The van der Waals surface area contributed by atoms with Crippen LogP contribution in [-0.2, 0) is 0 Å². The highest BCUT2D eigenvalue weighted by Gasteiger charge is 2.23. The van der Waals surface area contributed by atoms with E-state index in [1.54, 1.807) is 0 Å². The third-order valence-corrected chi connectivity index (χ3v) is 3.98. The van der Waals surface area contributed by atoms with Crippen molar-refractivity contribution in [2.24, 2.45) is 10.8 Å². The molecule has 96 valence electrons. The van der Waals surface area contributed by atoms with Crippen molar-refractivity contribution in [2.75, 3.05) is 12.0 Å². The summed E-state index contributed by atoms with van der Waals surface area (Å²) in [6.07, 6.45) is 7.18. The van der Waals surface area contributed by atoms with Crippen molar-refractivity contribution in [2.45, 2.75) is 60.3 Å². The zero-order valence-electron chi connectivity index (χ0n) is 12.2. The molecule has 0 saturated heterocycles. The van der Waals surface area contributed by atoms with E-state index < -0.39 is 0 Å². The first kappa shape index (κ1) is 16.1. The maximum atomic E-state index is 4.29. The fourth-order valence-corrected chi connectivity index (χ4v) is 2.07. The van der Waals surface area contributed by atoms with Crippen molar-refractivity contribution in [3.8, 4) is 0 Å². The SMILES string of the molecule is C=C(CCCSC)C(C)(C)CCC(C)(C)C. The molecule has 0 fully saturated rings. The minimum absolute atomic E-state index is 0.311. The van der Waals surface area contributed by atoms with Gasteiger partial charge >= 0.3 is 0 Å². The Morgan fingerprint density at radius 2 is 1.62 bits per heavy atom. The lowest BCUT2D eigenvalue weighted by Crippen LogP contribution is -2.18. The van der Waals surface area contributed by atoms with E-state index in [-0.39, 0.29) is 0 Å². The molecule has 0 N–H and O–H groups in total. The monoisotopic (exact) mass is 242 g/mol. The quantitative estimate of drug-likeness (QED) is 0.417. The standard InChI is InChI=1S/C15H30S/c1-13(9-8-12-16-7)15(5,6)11-10-14(2,3)4/h1,8-12H2,2-7H3. The Balaban J connectivity index is 4.05. The first-order valence-corrected chi connectivity index (χ1v) is 7.75. The fourth-order valence-electron chi connectivity index (χ4n) is 1.63. The van der Waals surface area contributed by atoms with Crippen LogP contribution in [0.15, 0.2) is 12.2 Å². The third-order valence-electron chi connectivity index (χ3n) is 3.28. The van der Waals surface area contributed by atoms with Crippen molar-refractivity contribution in [3.63, 3.8) is 0 Å². The Morgan fingerprint density at radius 3 is 2.06 bits per heavy atom. The normalized spacial score (nSPS) is 12.9. The van der Waals surface area contributed by atoms with Crippen LogP contribution >= 0.6 is 11.8 Å². The van der Waals surface area contributed by atoms with Crippen LogP contribution in [0.2, 0.25) is 0 Å². The van der Waals surface area contributed by atoms with Crippen molar-refractivity contribution in [1.82, 2.24) is 0 Å². The van der Waals surface area contributed by atoms with Gasteiger partial charge in [-0.05, 0) is 48.5 Å². The molecule has 0 aromatic carbocycles. The topological polar surface area (TPSA) is 0 Å². The van der Waals surface area contributed by atoms with Gasteiger partial charge in [-0.1, -0.05) is 46.8 Å². The van der Waals surface area contributed by atoms with Gasteiger partial charge in [-0.3, -0.25) is 0 Å². The van der Waals surface area contributed by atoms with Gasteiger partial charge in [0.05, 0.1) is 0 Å². The maximum Gasteiger partial charge on any atom is -0.00673 e. The van der Waals surface area contributed by atoms with E-state index in [2.05, 4.69) is 47.5 Å². The van der Waals surface area contributed by atoms with E-state index in [1.807, 2.05) is 11.8 Å². The van der Waals surface area contributed by atoms with Gasteiger partial charge in [0.1, 0.15) is 0 Å². The molecule has 0 aliphatic rings. The summed E-state index contributed by atoms with van der Waals surface area (Å²) in [4.78, 5) is 0. The molecule has 0 aliphatic heterocycles. The van der Waals surface area contributed by atoms with Crippen LogP contribution in [0.5, 0.6) is 0 Å². The predicted molar refractivity (Wildman–Crippen MR) is 79.2 cm³/mol. The van der Waals surface area contributed by atoms with Gasteiger partial charge in [-0.25, -0.2) is 0 Å². The lowest BCUT2D eigenvalue weighted by atomic mass is 9.75. The zero-order valence-corrected chi connectivity index (χ0v) is 13.0. The molecule has 16 heavy (non-hydrogen) atoms. The Labute approximate surface area is 107 Å². The van der Waals surface area contributed by atoms with Gasteiger partial charge in [0, 0.05) is 0 Å². The summed E-state index contributed by atoms with van der Waals surface area (Å²) in [6.45, 7) is 15.9. The van der Waals surface area contributed by atoms with Crippen LogP contribution < -0.4 is 0 Å². The van der Waals surface area contributed by atoms with E-state index in [4.69, 9.17) is 0 Å². The molecule has 0 aromatic heterocycles. The van der Waals surface area contributed by atoms with Crippen LogP contribution in [-0.4, -0.2) is 12.0 Å². The smallest absolute Gasteiger partial charge is 0.00673 e. The second kappa shape index (κ2) is 6.74. The molecule has 0 atom stereocenters. The van der Waals surface area contributed by atoms with Gasteiger partial charge in [-0.15, -0.1) is 0 Å². The summed E-state index contributed by atoms with van der Waals surface area (Å²) < 4.78 is 0. The largest absolute Gasteiger partial charge is 0.165 e. The van der Waals surface area contributed by atoms with Crippen LogP contribution in [0.1, 0.15) is 60.3 Å². The van der Waals surface area contributed by atoms with Gasteiger partial charge in [-0.2, -0.15) is 11.8 Å². The number of rotatable bonds is 7. The van der Waals surface area contributed by atoms with Crippen LogP contribution in [0.25, 0.3) is 0 Å². The number of hydrogen-bond donors (Lipinski definition) is 0. The van der Waals surface area contributed by atoms with Crippen molar-refractivity contribution < 1.29 is 0 Å². The third kappa shape index (κ3) is 7.38. The Hall–Kier alpha value is 0.0900. The molecule has 0 spiro atoms. The second-order valence-electron chi connectivity index (χ2n) is 6.64. The lowest BCUT2D eigenvalue weighted by Gasteiger charge is -2.31. The molecular weight excluding hydrogens is 212 g/mol. The minimum atomic E-state index is 0.311. The molecule has 1 heteroatoms. The summed E-state index contributed by atoms with van der Waals surface area (Å²) in [5.41, 5.74) is 2.19. The number of hydrogen-bond acceptors (Lipinski definition) is 1. The molecule has 0 aromatic rings. The molecule has 0 amide bonds. The zero-order chi connectivity index (χ0) is 12.8. The van der Waals surface area contributed by atoms with Crippen molar-refractivity contribution in [3.05, 3.63) is 12.2 Å². The molecular formula is C15H30S. The van der Waals surface area contributed by atoms with E-state index in [0.29, 0.717) is 10.8 Å². The molecule has 0 heterocycles. The van der Waals surface area contributed by atoms with Crippen molar-refractivity contribution in [1.29, 1.82) is 0 Å². The molecule has 0 saturated carbocycles. The minimum Gasteiger partial charge on any atom is -0.165 e. The highest BCUT2D eigenvalue weighted by molar-refractivity contribution is 7.98. The van der Waals surface area contributed by atoms with Gasteiger partial charge in [0.2, 0.25) is 0 Å². The summed E-state index contributed by atoms with van der Waals surface area (Å²) in [5.74, 6) is 1.26. The summed E-state index contributed by atoms with van der Waals surface area (Å²) in [7, 11) is 0. The average Bonchev–Trinajstić information content (AvgIpc) is 2.14. The first-order valence-electron chi connectivity index (χ1n) is 6.36. The van der Waals surface area contributed by atoms with E-state index in [0.717, 1.165) is 0 Å².